The van der Waals surface area contributed by atoms with E-state index in [4.69, 9.17) is 0 Å². The Morgan fingerprint density at radius 2 is 1.54 bits per heavy atom. The summed E-state index contributed by atoms with van der Waals surface area (Å²) in [6.45, 7) is 0. The summed E-state index contributed by atoms with van der Waals surface area (Å²) in [5, 5.41) is 0.428. The van der Waals surface area contributed by atoms with Gasteiger partial charge in [0.15, 0.2) is 5.16 Å². The largest absolute Gasteiger partial charge is 0.301 e. The van der Waals surface area contributed by atoms with Crippen LogP contribution < -0.4 is 10.5 Å². The summed E-state index contributed by atoms with van der Waals surface area (Å²) in [7, 11) is 0. The molecule has 0 saturated heterocycles. The van der Waals surface area contributed by atoms with Gasteiger partial charge in [0, 0.05) is 23.6 Å². The summed E-state index contributed by atoms with van der Waals surface area (Å²) in [5.74, 6) is 0.0698. The Morgan fingerprint density at radius 3 is 2.08 bits per heavy atom. The first-order valence-electron chi connectivity index (χ1n) is 7.35. The predicted octanol–water partition coefficient (Wildman–Crippen LogP) is 3.23. The number of anilines is 2. The maximum Gasteiger partial charge on any atom is 0.251 e. The molecule has 0 saturated carbocycles. The number of aromatic amines is 1. The molecular weight excluding hydrogens is 322 g/mol. The normalized spacial score (nSPS) is 10.3. The molecule has 0 unspecified atom stereocenters. The monoisotopic (exact) mass is 337 g/mol. The van der Waals surface area contributed by atoms with Crippen molar-refractivity contribution in [2.75, 3.05) is 10.7 Å². The molecule has 0 bridgehead atoms. The SMILES string of the molecule is O=C(CSc1nccc(=O)[nH]1)N(c1ccccc1)c1ccccc1. The van der Waals surface area contributed by atoms with E-state index in [0.29, 0.717) is 5.16 Å². The lowest BCUT2D eigenvalue weighted by Crippen LogP contribution is -2.27. The fraction of sp³-hybridized carbons (Fsp3) is 0.0556. The van der Waals surface area contributed by atoms with Crippen LogP contribution in [0.5, 0.6) is 0 Å². The minimum absolute atomic E-state index is 0.0936. The minimum Gasteiger partial charge on any atom is -0.301 e. The number of H-pyrrole nitrogens is 1. The van der Waals surface area contributed by atoms with E-state index < -0.39 is 0 Å². The number of thioether (sulfide) groups is 1. The summed E-state index contributed by atoms with van der Waals surface area (Å²) in [5.41, 5.74) is 1.36. The third kappa shape index (κ3) is 3.91. The van der Waals surface area contributed by atoms with Gasteiger partial charge in [-0.1, -0.05) is 48.2 Å². The number of carbonyl (C=O) groups excluding carboxylic acids is 1. The number of benzene rings is 2. The molecule has 2 aromatic carbocycles. The smallest absolute Gasteiger partial charge is 0.251 e. The zero-order chi connectivity index (χ0) is 16.8. The van der Waals surface area contributed by atoms with E-state index in [2.05, 4.69) is 9.97 Å². The maximum atomic E-state index is 12.8. The van der Waals surface area contributed by atoms with Crippen molar-refractivity contribution in [2.45, 2.75) is 5.16 Å². The average Bonchev–Trinajstić information content (AvgIpc) is 2.62. The van der Waals surface area contributed by atoms with Crippen molar-refractivity contribution in [3.8, 4) is 0 Å². The van der Waals surface area contributed by atoms with Crippen LogP contribution in [0.3, 0.4) is 0 Å². The first-order chi connectivity index (χ1) is 11.7. The summed E-state index contributed by atoms with van der Waals surface area (Å²) in [6, 6.07) is 20.3. The molecule has 0 aliphatic heterocycles. The second kappa shape index (κ2) is 7.61. The van der Waals surface area contributed by atoms with Crippen molar-refractivity contribution in [2.24, 2.45) is 0 Å². The molecule has 120 valence electrons. The molecule has 0 aliphatic carbocycles. The van der Waals surface area contributed by atoms with E-state index in [-0.39, 0.29) is 17.2 Å². The van der Waals surface area contributed by atoms with Crippen LogP contribution in [0.25, 0.3) is 0 Å². The number of hydrogen-bond donors (Lipinski definition) is 1. The molecule has 3 aromatic rings. The number of rotatable bonds is 5. The Balaban J connectivity index is 1.83. The van der Waals surface area contributed by atoms with Crippen molar-refractivity contribution >= 4 is 29.0 Å². The lowest BCUT2D eigenvalue weighted by atomic mass is 10.2. The Labute approximate surface area is 143 Å². The Bertz CT molecular complexity index is 826. The van der Waals surface area contributed by atoms with Crippen LogP contribution in [0.4, 0.5) is 11.4 Å². The van der Waals surface area contributed by atoms with Crippen LogP contribution in [-0.2, 0) is 4.79 Å². The highest BCUT2D eigenvalue weighted by atomic mass is 32.2. The van der Waals surface area contributed by atoms with Crippen LogP contribution in [-0.4, -0.2) is 21.6 Å². The van der Waals surface area contributed by atoms with E-state index >= 15 is 0 Å². The molecule has 24 heavy (non-hydrogen) atoms. The zero-order valence-electron chi connectivity index (χ0n) is 12.8. The van der Waals surface area contributed by atoms with Gasteiger partial charge in [-0.2, -0.15) is 0 Å². The zero-order valence-corrected chi connectivity index (χ0v) is 13.6. The van der Waals surface area contributed by atoms with Gasteiger partial charge in [-0.25, -0.2) is 4.98 Å². The van der Waals surface area contributed by atoms with Gasteiger partial charge in [0.25, 0.3) is 5.56 Å². The lowest BCUT2D eigenvalue weighted by molar-refractivity contribution is -0.115. The Morgan fingerprint density at radius 1 is 0.958 bits per heavy atom. The summed E-state index contributed by atoms with van der Waals surface area (Å²) in [6.07, 6.45) is 1.43. The van der Waals surface area contributed by atoms with Gasteiger partial charge in [0.05, 0.1) is 5.75 Å². The van der Waals surface area contributed by atoms with Crippen molar-refractivity contribution in [3.63, 3.8) is 0 Å². The summed E-state index contributed by atoms with van der Waals surface area (Å²) >= 11 is 1.20. The topological polar surface area (TPSA) is 66.1 Å². The minimum atomic E-state index is -0.233. The first kappa shape index (κ1) is 16.0. The van der Waals surface area contributed by atoms with Gasteiger partial charge in [0.1, 0.15) is 0 Å². The third-order valence-corrected chi connectivity index (χ3v) is 4.13. The molecule has 3 rings (SSSR count). The number of hydrogen-bond acceptors (Lipinski definition) is 4. The Kier molecular flexibility index (Phi) is 5.08. The molecule has 0 aliphatic rings. The molecule has 0 fully saturated rings. The third-order valence-electron chi connectivity index (χ3n) is 3.26. The molecule has 0 atom stereocenters. The molecule has 0 spiro atoms. The highest BCUT2D eigenvalue weighted by molar-refractivity contribution is 7.99. The number of aromatic nitrogens is 2. The molecule has 1 heterocycles. The lowest BCUT2D eigenvalue weighted by Gasteiger charge is -2.22. The van der Waals surface area contributed by atoms with Crippen LogP contribution in [0.15, 0.2) is 82.9 Å². The first-order valence-corrected chi connectivity index (χ1v) is 8.34. The van der Waals surface area contributed by atoms with Crippen molar-refractivity contribution in [1.29, 1.82) is 0 Å². The second-order valence-corrected chi connectivity index (χ2v) is 5.89. The van der Waals surface area contributed by atoms with Gasteiger partial charge in [-0.15, -0.1) is 0 Å². The van der Waals surface area contributed by atoms with E-state index in [0.717, 1.165) is 11.4 Å². The van der Waals surface area contributed by atoms with Gasteiger partial charge < -0.3 is 4.98 Å². The van der Waals surface area contributed by atoms with E-state index in [9.17, 15) is 9.59 Å². The molecule has 5 nitrogen and oxygen atoms in total. The van der Waals surface area contributed by atoms with Crippen molar-refractivity contribution in [1.82, 2.24) is 9.97 Å². The maximum absolute atomic E-state index is 12.8. The Hall–Kier alpha value is -2.86. The van der Waals surface area contributed by atoms with Crippen LogP contribution in [0.1, 0.15) is 0 Å². The number of nitrogens with one attached hydrogen (secondary N) is 1. The highest BCUT2D eigenvalue weighted by Gasteiger charge is 2.18. The quantitative estimate of drug-likeness (QED) is 0.573. The summed E-state index contributed by atoms with van der Waals surface area (Å²) < 4.78 is 0. The predicted molar refractivity (Wildman–Crippen MR) is 95.6 cm³/mol. The highest BCUT2D eigenvalue weighted by Crippen LogP contribution is 2.26. The van der Waals surface area contributed by atoms with E-state index in [1.807, 2.05) is 60.7 Å². The number of para-hydroxylation sites is 2. The van der Waals surface area contributed by atoms with E-state index in [1.54, 1.807) is 4.90 Å². The molecular formula is C18H15N3O2S. The molecule has 0 radical (unpaired) electrons. The van der Waals surface area contributed by atoms with Crippen LogP contribution in [0.2, 0.25) is 0 Å². The standard InChI is InChI=1S/C18H15N3O2S/c22-16-11-12-19-18(20-16)24-13-17(23)21(14-7-3-1-4-8-14)15-9-5-2-6-10-15/h1-12H,13H2,(H,19,20,22). The number of nitrogens with zero attached hydrogens (tertiary/aromatic N) is 2. The second-order valence-electron chi connectivity index (χ2n) is 4.93. The molecule has 1 N–H and O–H groups in total. The van der Waals surface area contributed by atoms with Crippen molar-refractivity contribution in [3.05, 3.63) is 83.3 Å². The van der Waals surface area contributed by atoms with E-state index in [1.165, 1.54) is 24.0 Å². The van der Waals surface area contributed by atoms with Crippen LogP contribution in [0, 0.1) is 0 Å². The molecule has 1 aromatic heterocycles. The van der Waals surface area contributed by atoms with Gasteiger partial charge >= 0.3 is 0 Å². The fourth-order valence-corrected chi connectivity index (χ4v) is 2.91. The van der Waals surface area contributed by atoms with Gasteiger partial charge in [-0.3, -0.25) is 14.5 Å². The molecule has 6 heteroatoms. The number of carbonyl (C=O) groups is 1. The van der Waals surface area contributed by atoms with Crippen molar-refractivity contribution < 1.29 is 4.79 Å². The number of amides is 1. The average molecular weight is 337 g/mol. The molecule has 1 amide bonds. The summed E-state index contributed by atoms with van der Waals surface area (Å²) in [4.78, 5) is 32.4. The van der Waals surface area contributed by atoms with Gasteiger partial charge in [0.2, 0.25) is 5.91 Å². The van der Waals surface area contributed by atoms with Gasteiger partial charge in [-0.05, 0) is 24.3 Å². The van der Waals surface area contributed by atoms with Crippen LogP contribution >= 0.6 is 11.8 Å². The fourth-order valence-electron chi connectivity index (χ4n) is 2.21.